The number of carbonyl (C=O) groups is 1. The predicted octanol–water partition coefficient (Wildman–Crippen LogP) is 3.66. The smallest absolute Gasteiger partial charge is 0.411 e. The fourth-order valence-corrected chi connectivity index (χ4v) is 5.84. The van der Waals surface area contributed by atoms with Crippen LogP contribution in [-0.4, -0.2) is 44.6 Å². The van der Waals surface area contributed by atoms with Crippen molar-refractivity contribution in [2.75, 3.05) is 18.5 Å². The predicted molar refractivity (Wildman–Crippen MR) is 118 cm³/mol. The molecule has 0 radical (unpaired) electrons. The minimum Gasteiger partial charge on any atom is -0.447 e. The van der Waals surface area contributed by atoms with Gasteiger partial charge in [-0.05, 0) is 52.7 Å². The lowest BCUT2D eigenvalue weighted by molar-refractivity contribution is 0.134. The zero-order valence-corrected chi connectivity index (χ0v) is 19.6. The Hall–Kier alpha value is -2.13. The third kappa shape index (κ3) is 5.72. The Kier molecular flexibility index (Phi) is 7.36. The molecule has 0 aromatic heterocycles. The summed E-state index contributed by atoms with van der Waals surface area (Å²) in [4.78, 5) is 13.5. The largest absolute Gasteiger partial charge is 0.447 e. The van der Waals surface area contributed by atoms with E-state index in [1.54, 1.807) is 36.4 Å². The first kappa shape index (κ1) is 22.6. The van der Waals surface area contributed by atoms with E-state index in [0.29, 0.717) is 21.1 Å². The van der Waals surface area contributed by atoms with Crippen LogP contribution in [-0.2, 0) is 14.8 Å². The van der Waals surface area contributed by atoms with Crippen LogP contribution in [0.2, 0.25) is 0 Å². The molecule has 0 bridgehead atoms. The molecule has 2 N–H and O–H groups in total. The van der Waals surface area contributed by atoms with Gasteiger partial charge in [0.05, 0.1) is 10.9 Å². The summed E-state index contributed by atoms with van der Waals surface area (Å²) in [6.07, 6.45) is 1.73. The second kappa shape index (κ2) is 9.78. The number of nitrogens with one attached hydrogen (secondary N) is 2. The molecule has 2 aromatic carbocycles. The Bertz CT molecular complexity index is 1060. The number of para-hydroxylation sites is 1. The Morgan fingerprint density at radius 2 is 1.97 bits per heavy atom. The van der Waals surface area contributed by atoms with Gasteiger partial charge in [-0.15, -0.1) is 0 Å². The molecule has 158 valence electrons. The number of carbonyl (C=O) groups excluding carboxylic acids is 1. The molecule has 1 saturated heterocycles. The highest BCUT2D eigenvalue weighted by atomic mass is 79.9. The van der Waals surface area contributed by atoms with Crippen LogP contribution in [0.1, 0.15) is 6.42 Å². The first-order chi connectivity index (χ1) is 14.3. The van der Waals surface area contributed by atoms with Gasteiger partial charge in [-0.1, -0.05) is 34.1 Å². The summed E-state index contributed by atoms with van der Waals surface area (Å²) in [5, 5.41) is 12.0. The van der Waals surface area contributed by atoms with Crippen LogP contribution in [0.4, 0.5) is 10.5 Å². The van der Waals surface area contributed by atoms with Gasteiger partial charge in [0.15, 0.2) is 6.19 Å². The van der Waals surface area contributed by atoms with Crippen LogP contribution in [0.25, 0.3) is 0 Å². The molecule has 1 aliphatic rings. The fourth-order valence-electron chi connectivity index (χ4n) is 3.10. The van der Waals surface area contributed by atoms with Crippen LogP contribution in [0.15, 0.2) is 62.4 Å². The molecule has 8 nitrogen and oxygen atoms in total. The van der Waals surface area contributed by atoms with E-state index in [2.05, 4.69) is 41.9 Å². The number of sulfonamides is 1. The van der Waals surface area contributed by atoms with Crippen molar-refractivity contribution in [2.24, 2.45) is 0 Å². The second-order valence-electron chi connectivity index (χ2n) is 6.62. The number of rotatable bonds is 6. The lowest BCUT2D eigenvalue weighted by Gasteiger charge is -2.17. The van der Waals surface area contributed by atoms with Crippen LogP contribution >= 0.6 is 31.9 Å². The molecule has 2 atom stereocenters. The fraction of sp³-hybridized carbons (Fsp3) is 0.263. The molecule has 1 amide bonds. The second-order valence-corrected chi connectivity index (χ2v) is 10.1. The summed E-state index contributed by atoms with van der Waals surface area (Å²) in [5.41, 5.74) is 0.594. The molecule has 0 unspecified atom stereocenters. The number of likely N-dealkylation sites (tertiary alicyclic amines) is 1. The SMILES string of the molecule is N#CN1C[C@H](NS(=O)(=O)c2cc(Br)ccc2Br)C[C@@H]1COC(=O)Nc1ccccc1. The highest BCUT2D eigenvalue weighted by molar-refractivity contribution is 9.11. The van der Waals surface area contributed by atoms with Crippen LogP contribution in [0.5, 0.6) is 0 Å². The summed E-state index contributed by atoms with van der Waals surface area (Å²) < 4.78 is 34.5. The molecule has 3 rings (SSSR count). The average molecular weight is 558 g/mol. The van der Waals surface area contributed by atoms with Gasteiger partial charge in [-0.2, -0.15) is 5.26 Å². The number of ether oxygens (including phenoxy) is 1. The van der Waals surface area contributed by atoms with E-state index in [4.69, 9.17) is 4.74 Å². The molecule has 0 spiro atoms. The number of nitrogens with zero attached hydrogens (tertiary/aromatic N) is 2. The first-order valence-corrected chi connectivity index (χ1v) is 12.0. The molecular weight excluding hydrogens is 540 g/mol. The topological polar surface area (TPSA) is 112 Å². The maximum absolute atomic E-state index is 12.8. The number of hydrogen-bond acceptors (Lipinski definition) is 6. The number of hydrogen-bond donors (Lipinski definition) is 2. The van der Waals surface area contributed by atoms with Gasteiger partial charge in [-0.3, -0.25) is 5.32 Å². The lowest BCUT2D eigenvalue weighted by Crippen LogP contribution is -2.36. The van der Waals surface area contributed by atoms with Gasteiger partial charge in [0.2, 0.25) is 10.0 Å². The van der Waals surface area contributed by atoms with Gasteiger partial charge in [0.25, 0.3) is 0 Å². The van der Waals surface area contributed by atoms with Crippen molar-refractivity contribution in [1.82, 2.24) is 9.62 Å². The summed E-state index contributed by atoms with van der Waals surface area (Å²) >= 11 is 6.52. The first-order valence-electron chi connectivity index (χ1n) is 8.91. The van der Waals surface area contributed by atoms with E-state index in [1.165, 1.54) is 11.0 Å². The van der Waals surface area contributed by atoms with Crippen molar-refractivity contribution < 1.29 is 17.9 Å². The lowest BCUT2D eigenvalue weighted by atomic mass is 10.2. The van der Waals surface area contributed by atoms with E-state index < -0.39 is 28.2 Å². The molecule has 11 heteroatoms. The third-order valence-corrected chi connectivity index (χ3v) is 7.48. The van der Waals surface area contributed by atoms with Gasteiger partial charge < -0.3 is 9.64 Å². The van der Waals surface area contributed by atoms with Crippen molar-refractivity contribution in [1.29, 1.82) is 5.26 Å². The molecule has 0 aliphatic carbocycles. The zero-order chi connectivity index (χ0) is 21.7. The number of amides is 1. The minimum atomic E-state index is -3.81. The van der Waals surface area contributed by atoms with Gasteiger partial charge in [-0.25, -0.2) is 17.9 Å². The monoisotopic (exact) mass is 556 g/mol. The van der Waals surface area contributed by atoms with E-state index >= 15 is 0 Å². The highest BCUT2D eigenvalue weighted by Crippen LogP contribution is 2.27. The van der Waals surface area contributed by atoms with Crippen LogP contribution in [0.3, 0.4) is 0 Å². The molecule has 30 heavy (non-hydrogen) atoms. The van der Waals surface area contributed by atoms with E-state index in [9.17, 15) is 18.5 Å². The molecule has 2 aromatic rings. The molecule has 0 saturated carbocycles. The third-order valence-electron chi connectivity index (χ3n) is 4.47. The van der Waals surface area contributed by atoms with E-state index in [0.717, 1.165) is 0 Å². The maximum atomic E-state index is 12.8. The standard InChI is InChI=1S/C19H18Br2N4O4S/c20-13-6-7-17(21)18(8-13)30(27,28)24-15-9-16(25(10-15)12-22)11-29-19(26)23-14-4-2-1-3-5-14/h1-8,15-16,24H,9-11H2,(H,23,26)/t15-,16-/m1/s1. The minimum absolute atomic E-state index is 0.0367. The van der Waals surface area contributed by atoms with E-state index in [-0.39, 0.29) is 18.0 Å². The Labute approximate surface area is 191 Å². The van der Waals surface area contributed by atoms with Crippen molar-refractivity contribution in [2.45, 2.75) is 23.4 Å². The summed E-state index contributed by atoms with van der Waals surface area (Å²) in [7, 11) is -3.81. The van der Waals surface area contributed by atoms with E-state index in [1.807, 2.05) is 12.3 Å². The Balaban J connectivity index is 1.60. The maximum Gasteiger partial charge on any atom is 0.411 e. The van der Waals surface area contributed by atoms with Crippen LogP contribution < -0.4 is 10.0 Å². The summed E-state index contributed by atoms with van der Waals surface area (Å²) in [6.45, 7) is 0.153. The van der Waals surface area contributed by atoms with Crippen molar-refractivity contribution >= 4 is 53.7 Å². The van der Waals surface area contributed by atoms with Crippen molar-refractivity contribution in [3.05, 3.63) is 57.5 Å². The number of halogens is 2. The molecule has 1 aliphatic heterocycles. The Morgan fingerprint density at radius 3 is 2.67 bits per heavy atom. The molecule has 1 heterocycles. The van der Waals surface area contributed by atoms with Crippen molar-refractivity contribution in [3.8, 4) is 6.19 Å². The molecular formula is C19H18Br2N4O4S. The summed E-state index contributed by atoms with van der Waals surface area (Å²) in [5.74, 6) is 0. The van der Waals surface area contributed by atoms with Gasteiger partial charge in [0.1, 0.15) is 6.61 Å². The highest BCUT2D eigenvalue weighted by Gasteiger charge is 2.35. The zero-order valence-electron chi connectivity index (χ0n) is 15.6. The number of nitriles is 1. The number of benzene rings is 2. The normalized spacial score (nSPS) is 18.6. The van der Waals surface area contributed by atoms with Crippen LogP contribution in [0, 0.1) is 11.5 Å². The summed E-state index contributed by atoms with van der Waals surface area (Å²) in [6, 6.07) is 12.8. The van der Waals surface area contributed by atoms with Crippen molar-refractivity contribution in [3.63, 3.8) is 0 Å². The average Bonchev–Trinajstić information content (AvgIpc) is 3.10. The van der Waals surface area contributed by atoms with Gasteiger partial charge in [0, 0.05) is 27.2 Å². The van der Waals surface area contributed by atoms with Gasteiger partial charge >= 0.3 is 6.09 Å². The number of anilines is 1. The quantitative estimate of drug-likeness (QED) is 0.524. The molecule has 1 fully saturated rings. The Morgan fingerprint density at radius 1 is 1.23 bits per heavy atom.